The molecule has 0 atom stereocenters. The van der Waals surface area contributed by atoms with E-state index in [9.17, 15) is 13.6 Å². The maximum absolute atomic E-state index is 13.3. The largest absolute Gasteiger partial charge is 0.321 e. The van der Waals surface area contributed by atoms with E-state index in [1.807, 2.05) is 14.1 Å². The Balaban J connectivity index is 2.24. The molecule has 0 saturated heterocycles. The summed E-state index contributed by atoms with van der Waals surface area (Å²) >= 11 is 0. The van der Waals surface area contributed by atoms with Crippen molar-refractivity contribution < 1.29 is 13.6 Å². The highest BCUT2D eigenvalue weighted by Crippen LogP contribution is 2.17. The molecule has 0 aromatic heterocycles. The van der Waals surface area contributed by atoms with Gasteiger partial charge in [0.2, 0.25) is 5.91 Å². The Kier molecular flexibility index (Phi) is 7.11. The fraction of sp³-hybridized carbons (Fsp3) is 0.500. The predicted molar refractivity (Wildman–Crippen MR) is 75.6 cm³/mol. The second-order valence-electron chi connectivity index (χ2n) is 4.80. The second-order valence-corrected chi connectivity index (χ2v) is 4.80. The number of nitrogens with one attached hydrogen (secondary N) is 2. The average Bonchev–Trinajstić information content (AvgIpc) is 2.38. The van der Waals surface area contributed by atoms with E-state index in [0.717, 1.165) is 31.6 Å². The monoisotopic (exact) mass is 285 g/mol. The summed E-state index contributed by atoms with van der Waals surface area (Å²) < 4.78 is 26.6. The molecule has 2 N–H and O–H groups in total. The number of benzene rings is 1. The lowest BCUT2D eigenvalue weighted by Gasteiger charge is -2.10. The molecule has 0 radical (unpaired) electrons. The van der Waals surface area contributed by atoms with Gasteiger partial charge in [0.25, 0.3) is 0 Å². The van der Waals surface area contributed by atoms with Crippen LogP contribution in [0.5, 0.6) is 0 Å². The lowest BCUT2D eigenvalue weighted by Crippen LogP contribution is -2.25. The van der Waals surface area contributed by atoms with Gasteiger partial charge in [-0.2, -0.15) is 0 Å². The summed E-state index contributed by atoms with van der Waals surface area (Å²) in [4.78, 5) is 13.6. The van der Waals surface area contributed by atoms with Crippen LogP contribution in [0.1, 0.15) is 12.8 Å². The molecule has 0 bridgehead atoms. The molecule has 1 aromatic carbocycles. The van der Waals surface area contributed by atoms with Crippen molar-refractivity contribution in [1.29, 1.82) is 0 Å². The molecular formula is C14H21F2N3O. The lowest BCUT2D eigenvalue weighted by atomic mass is 10.2. The molecular weight excluding hydrogens is 264 g/mol. The van der Waals surface area contributed by atoms with E-state index in [0.29, 0.717) is 6.54 Å². The zero-order chi connectivity index (χ0) is 15.0. The Morgan fingerprint density at radius 1 is 1.20 bits per heavy atom. The molecule has 0 spiro atoms. The van der Waals surface area contributed by atoms with Gasteiger partial charge in [-0.15, -0.1) is 0 Å². The van der Waals surface area contributed by atoms with Crippen molar-refractivity contribution in [2.24, 2.45) is 0 Å². The van der Waals surface area contributed by atoms with Gasteiger partial charge in [0.05, 0.1) is 0 Å². The zero-order valence-electron chi connectivity index (χ0n) is 11.9. The van der Waals surface area contributed by atoms with Crippen LogP contribution in [-0.4, -0.2) is 44.5 Å². The Labute approximate surface area is 118 Å². The van der Waals surface area contributed by atoms with E-state index in [4.69, 9.17) is 0 Å². The lowest BCUT2D eigenvalue weighted by molar-refractivity contribution is -0.116. The first kappa shape index (κ1) is 16.5. The molecule has 0 heterocycles. The maximum atomic E-state index is 13.3. The highest BCUT2D eigenvalue weighted by Gasteiger charge is 2.11. The third-order valence-corrected chi connectivity index (χ3v) is 2.71. The highest BCUT2D eigenvalue weighted by molar-refractivity contribution is 5.91. The Morgan fingerprint density at radius 2 is 1.85 bits per heavy atom. The van der Waals surface area contributed by atoms with Crippen LogP contribution >= 0.6 is 0 Å². The normalized spacial score (nSPS) is 10.8. The van der Waals surface area contributed by atoms with Crippen molar-refractivity contribution in [2.75, 3.05) is 39.0 Å². The van der Waals surface area contributed by atoms with Gasteiger partial charge < -0.3 is 15.5 Å². The molecule has 112 valence electrons. The van der Waals surface area contributed by atoms with E-state index in [2.05, 4.69) is 15.5 Å². The Morgan fingerprint density at radius 3 is 2.45 bits per heavy atom. The molecule has 0 aliphatic heterocycles. The molecule has 1 amide bonds. The number of carbonyl (C=O) groups excluding carboxylic acids is 1. The van der Waals surface area contributed by atoms with Crippen LogP contribution in [0.15, 0.2) is 18.2 Å². The maximum Gasteiger partial charge on any atom is 0.225 e. The minimum Gasteiger partial charge on any atom is -0.321 e. The molecule has 6 heteroatoms. The minimum atomic E-state index is -0.766. The summed E-state index contributed by atoms with van der Waals surface area (Å²) in [5, 5.41) is 5.36. The van der Waals surface area contributed by atoms with Crippen molar-refractivity contribution in [2.45, 2.75) is 12.8 Å². The smallest absolute Gasteiger partial charge is 0.225 e. The molecule has 1 rings (SSSR count). The third kappa shape index (κ3) is 6.08. The van der Waals surface area contributed by atoms with Crippen molar-refractivity contribution >= 4 is 11.6 Å². The minimum absolute atomic E-state index is 0.176. The van der Waals surface area contributed by atoms with Gasteiger partial charge in [0, 0.05) is 13.0 Å². The molecule has 0 aliphatic carbocycles. The number of halogens is 2. The number of para-hydroxylation sites is 1. The quantitative estimate of drug-likeness (QED) is 0.716. The standard InChI is InChI=1S/C14H21F2N3O/c1-19(2)10-4-8-17-9-7-13(20)18-14-11(15)5-3-6-12(14)16/h3,5-6,17H,4,7-10H2,1-2H3,(H,18,20). The Hall–Kier alpha value is -1.53. The highest BCUT2D eigenvalue weighted by atomic mass is 19.1. The van der Waals surface area contributed by atoms with Gasteiger partial charge >= 0.3 is 0 Å². The van der Waals surface area contributed by atoms with E-state index in [-0.39, 0.29) is 12.1 Å². The van der Waals surface area contributed by atoms with Crippen molar-refractivity contribution in [3.05, 3.63) is 29.8 Å². The number of anilines is 1. The molecule has 0 saturated carbocycles. The third-order valence-electron chi connectivity index (χ3n) is 2.71. The zero-order valence-corrected chi connectivity index (χ0v) is 11.9. The predicted octanol–water partition coefficient (Wildman–Crippen LogP) is 1.83. The topological polar surface area (TPSA) is 44.4 Å². The van der Waals surface area contributed by atoms with E-state index in [1.165, 1.54) is 6.07 Å². The van der Waals surface area contributed by atoms with Crippen LogP contribution in [0.4, 0.5) is 14.5 Å². The van der Waals surface area contributed by atoms with Gasteiger partial charge in [-0.05, 0) is 45.7 Å². The summed E-state index contributed by atoms with van der Waals surface area (Å²) in [6.07, 6.45) is 1.16. The van der Waals surface area contributed by atoms with E-state index < -0.39 is 17.5 Å². The number of hydrogen-bond acceptors (Lipinski definition) is 3. The SMILES string of the molecule is CN(C)CCCNCCC(=O)Nc1c(F)cccc1F. The first-order chi connectivity index (χ1) is 9.50. The second kappa shape index (κ2) is 8.60. The van der Waals surface area contributed by atoms with Gasteiger partial charge in [-0.25, -0.2) is 8.78 Å². The van der Waals surface area contributed by atoms with Gasteiger partial charge in [0.15, 0.2) is 0 Å². The number of amides is 1. The number of carbonyl (C=O) groups is 1. The fourth-order valence-electron chi connectivity index (χ4n) is 1.67. The van der Waals surface area contributed by atoms with Gasteiger partial charge in [-0.1, -0.05) is 6.07 Å². The molecule has 1 aromatic rings. The fourth-order valence-corrected chi connectivity index (χ4v) is 1.67. The number of rotatable bonds is 8. The molecule has 0 fully saturated rings. The first-order valence-electron chi connectivity index (χ1n) is 6.60. The first-order valence-corrected chi connectivity index (χ1v) is 6.60. The molecule has 20 heavy (non-hydrogen) atoms. The van der Waals surface area contributed by atoms with E-state index >= 15 is 0 Å². The molecule has 4 nitrogen and oxygen atoms in total. The van der Waals surface area contributed by atoms with Crippen molar-refractivity contribution in [3.63, 3.8) is 0 Å². The van der Waals surface area contributed by atoms with Crippen LogP contribution in [-0.2, 0) is 4.79 Å². The number of nitrogens with zero attached hydrogens (tertiary/aromatic N) is 1. The summed E-state index contributed by atoms with van der Waals surface area (Å²) in [7, 11) is 3.99. The Bertz CT molecular complexity index is 418. The van der Waals surface area contributed by atoms with Crippen LogP contribution in [0, 0.1) is 11.6 Å². The molecule has 0 aliphatic rings. The van der Waals surface area contributed by atoms with Crippen LogP contribution in [0.2, 0.25) is 0 Å². The van der Waals surface area contributed by atoms with Crippen molar-refractivity contribution in [3.8, 4) is 0 Å². The van der Waals surface area contributed by atoms with Gasteiger partial charge in [0.1, 0.15) is 17.3 Å². The molecule has 0 unspecified atom stereocenters. The van der Waals surface area contributed by atoms with Crippen molar-refractivity contribution in [1.82, 2.24) is 10.2 Å². The van der Waals surface area contributed by atoms with E-state index in [1.54, 1.807) is 0 Å². The summed E-state index contributed by atoms with van der Waals surface area (Å²) in [6, 6.07) is 3.48. The summed E-state index contributed by atoms with van der Waals surface area (Å²) in [5.74, 6) is -1.94. The van der Waals surface area contributed by atoms with Crippen LogP contribution in [0.25, 0.3) is 0 Å². The van der Waals surface area contributed by atoms with Crippen LogP contribution < -0.4 is 10.6 Å². The summed E-state index contributed by atoms with van der Waals surface area (Å²) in [6.45, 7) is 2.26. The van der Waals surface area contributed by atoms with Crippen LogP contribution in [0.3, 0.4) is 0 Å². The summed E-state index contributed by atoms with van der Waals surface area (Å²) in [5.41, 5.74) is -0.384. The number of hydrogen-bond donors (Lipinski definition) is 2. The van der Waals surface area contributed by atoms with Gasteiger partial charge in [-0.3, -0.25) is 4.79 Å². The average molecular weight is 285 g/mol.